The van der Waals surface area contributed by atoms with E-state index in [1.807, 2.05) is 0 Å². The van der Waals surface area contributed by atoms with E-state index in [-0.39, 0.29) is 12.1 Å². The first-order valence-electron chi connectivity index (χ1n) is 5.15. The molecule has 0 saturated heterocycles. The SMILES string of the molecule is N#Cc1cccn(Cc2cc(Cl)ccc2F)c1=O. The zero-order valence-corrected chi connectivity index (χ0v) is 9.99. The summed E-state index contributed by atoms with van der Waals surface area (Å²) in [5, 5.41) is 9.15. The van der Waals surface area contributed by atoms with Crippen LogP contribution in [0.3, 0.4) is 0 Å². The first-order valence-corrected chi connectivity index (χ1v) is 5.53. The van der Waals surface area contributed by atoms with Crippen molar-refractivity contribution in [1.29, 1.82) is 5.26 Å². The van der Waals surface area contributed by atoms with Gasteiger partial charge in [-0.25, -0.2) is 4.39 Å². The summed E-state index contributed by atoms with van der Waals surface area (Å²) in [6.45, 7) is 0.0424. The van der Waals surface area contributed by atoms with Gasteiger partial charge in [-0.1, -0.05) is 11.6 Å². The molecule has 0 radical (unpaired) electrons. The minimum absolute atomic E-state index is 0.0277. The Morgan fingerprint density at radius 2 is 2.17 bits per heavy atom. The molecule has 0 fully saturated rings. The second kappa shape index (κ2) is 5.03. The molecule has 0 atom stereocenters. The van der Waals surface area contributed by atoms with Gasteiger partial charge in [-0.3, -0.25) is 4.79 Å². The third-order valence-electron chi connectivity index (χ3n) is 2.49. The maximum atomic E-state index is 13.5. The Hall–Kier alpha value is -2.12. The minimum atomic E-state index is -0.445. The summed E-state index contributed by atoms with van der Waals surface area (Å²) in [5.41, 5.74) is -0.112. The first kappa shape index (κ1) is 12.3. The minimum Gasteiger partial charge on any atom is -0.310 e. The lowest BCUT2D eigenvalue weighted by atomic mass is 10.2. The molecule has 1 heterocycles. The average Bonchev–Trinajstić information content (AvgIpc) is 2.36. The molecule has 1 aromatic heterocycles. The predicted molar refractivity (Wildman–Crippen MR) is 65.9 cm³/mol. The van der Waals surface area contributed by atoms with Crippen LogP contribution in [0.2, 0.25) is 5.02 Å². The summed E-state index contributed by atoms with van der Waals surface area (Å²) in [4.78, 5) is 11.8. The highest BCUT2D eigenvalue weighted by molar-refractivity contribution is 6.30. The van der Waals surface area contributed by atoms with Crippen molar-refractivity contribution in [3.63, 3.8) is 0 Å². The van der Waals surface area contributed by atoms with Crippen molar-refractivity contribution < 1.29 is 4.39 Å². The van der Waals surface area contributed by atoms with Crippen molar-refractivity contribution in [3.8, 4) is 6.07 Å². The summed E-state index contributed by atoms with van der Waals surface area (Å²) >= 11 is 5.77. The third-order valence-corrected chi connectivity index (χ3v) is 2.72. The lowest BCUT2D eigenvalue weighted by Gasteiger charge is -2.07. The molecule has 18 heavy (non-hydrogen) atoms. The van der Waals surface area contributed by atoms with Crippen LogP contribution in [-0.2, 0) is 6.54 Å². The molecular formula is C13H8ClFN2O. The molecule has 3 nitrogen and oxygen atoms in total. The number of halogens is 2. The number of hydrogen-bond donors (Lipinski definition) is 0. The highest BCUT2D eigenvalue weighted by Crippen LogP contribution is 2.15. The van der Waals surface area contributed by atoms with Crippen molar-refractivity contribution in [2.45, 2.75) is 6.54 Å². The first-order chi connectivity index (χ1) is 8.61. The maximum Gasteiger partial charge on any atom is 0.268 e. The Kier molecular flexibility index (Phi) is 3.45. The lowest BCUT2D eigenvalue weighted by Crippen LogP contribution is -2.22. The molecular weight excluding hydrogens is 255 g/mol. The van der Waals surface area contributed by atoms with Gasteiger partial charge in [0.05, 0.1) is 6.54 Å². The van der Waals surface area contributed by atoms with Crippen LogP contribution in [0.4, 0.5) is 4.39 Å². The van der Waals surface area contributed by atoms with E-state index in [1.165, 1.54) is 35.0 Å². The summed E-state index contributed by atoms with van der Waals surface area (Å²) in [6, 6.07) is 8.94. The van der Waals surface area contributed by atoms with Crippen LogP contribution in [0.5, 0.6) is 0 Å². The van der Waals surface area contributed by atoms with Gasteiger partial charge in [0.15, 0.2) is 0 Å². The van der Waals surface area contributed by atoms with E-state index in [4.69, 9.17) is 16.9 Å². The largest absolute Gasteiger partial charge is 0.310 e. The molecule has 0 aliphatic heterocycles. The molecule has 0 bridgehead atoms. The summed E-state index contributed by atoms with van der Waals surface area (Å²) in [6.07, 6.45) is 1.50. The number of rotatable bonds is 2. The van der Waals surface area contributed by atoms with Gasteiger partial charge in [0.25, 0.3) is 5.56 Å². The number of nitrogens with zero attached hydrogens (tertiary/aromatic N) is 2. The zero-order valence-electron chi connectivity index (χ0n) is 9.23. The van der Waals surface area contributed by atoms with Gasteiger partial charge in [-0.05, 0) is 30.3 Å². The Bertz CT molecular complexity index is 688. The van der Waals surface area contributed by atoms with E-state index in [1.54, 1.807) is 12.1 Å². The fourth-order valence-electron chi connectivity index (χ4n) is 1.59. The van der Waals surface area contributed by atoms with E-state index in [9.17, 15) is 9.18 Å². The van der Waals surface area contributed by atoms with Crippen LogP contribution in [0.1, 0.15) is 11.1 Å². The fraction of sp³-hybridized carbons (Fsp3) is 0.0769. The molecule has 0 aliphatic rings. The fourth-order valence-corrected chi connectivity index (χ4v) is 1.79. The van der Waals surface area contributed by atoms with Crippen molar-refractivity contribution in [3.05, 3.63) is 68.8 Å². The van der Waals surface area contributed by atoms with Crippen LogP contribution in [0.15, 0.2) is 41.3 Å². The number of pyridine rings is 1. The van der Waals surface area contributed by atoms with Gasteiger partial charge in [0.2, 0.25) is 0 Å². The van der Waals surface area contributed by atoms with Crippen LogP contribution < -0.4 is 5.56 Å². The van der Waals surface area contributed by atoms with Crippen LogP contribution in [0.25, 0.3) is 0 Å². The molecule has 0 N–H and O–H groups in total. The summed E-state index contributed by atoms with van der Waals surface area (Å²) < 4.78 is 14.8. The van der Waals surface area contributed by atoms with Gasteiger partial charge in [0.1, 0.15) is 17.4 Å². The van der Waals surface area contributed by atoms with Gasteiger partial charge >= 0.3 is 0 Å². The quantitative estimate of drug-likeness (QED) is 0.835. The third kappa shape index (κ3) is 2.41. The Morgan fingerprint density at radius 1 is 1.39 bits per heavy atom. The van der Waals surface area contributed by atoms with E-state index in [0.717, 1.165) is 0 Å². The second-order valence-corrected chi connectivity index (χ2v) is 4.14. The second-order valence-electron chi connectivity index (χ2n) is 3.70. The Labute approximate surface area is 108 Å². The van der Waals surface area contributed by atoms with E-state index in [0.29, 0.717) is 10.6 Å². The number of aromatic nitrogens is 1. The highest BCUT2D eigenvalue weighted by Gasteiger charge is 2.07. The zero-order chi connectivity index (χ0) is 13.1. The van der Waals surface area contributed by atoms with Crippen molar-refractivity contribution in [2.75, 3.05) is 0 Å². The van der Waals surface area contributed by atoms with Crippen molar-refractivity contribution in [2.24, 2.45) is 0 Å². The lowest BCUT2D eigenvalue weighted by molar-refractivity contribution is 0.596. The highest BCUT2D eigenvalue weighted by atomic mass is 35.5. The Morgan fingerprint density at radius 3 is 2.89 bits per heavy atom. The number of benzene rings is 1. The maximum absolute atomic E-state index is 13.5. The van der Waals surface area contributed by atoms with Crippen molar-refractivity contribution in [1.82, 2.24) is 4.57 Å². The molecule has 1 aromatic carbocycles. The van der Waals surface area contributed by atoms with E-state index < -0.39 is 11.4 Å². The molecule has 0 amide bonds. The van der Waals surface area contributed by atoms with Gasteiger partial charge < -0.3 is 4.57 Å². The van der Waals surface area contributed by atoms with E-state index in [2.05, 4.69) is 0 Å². The monoisotopic (exact) mass is 262 g/mol. The summed E-state index contributed by atoms with van der Waals surface area (Å²) in [7, 11) is 0. The number of nitriles is 1. The Balaban J connectivity index is 2.44. The standard InChI is InChI=1S/C13H8ClFN2O/c14-11-3-4-12(15)10(6-11)8-17-5-1-2-9(7-16)13(17)18/h1-6H,8H2. The molecule has 0 unspecified atom stereocenters. The average molecular weight is 263 g/mol. The molecule has 2 aromatic rings. The van der Waals surface area contributed by atoms with Crippen LogP contribution in [-0.4, -0.2) is 4.57 Å². The molecule has 5 heteroatoms. The molecule has 0 saturated carbocycles. The smallest absolute Gasteiger partial charge is 0.268 e. The molecule has 2 rings (SSSR count). The van der Waals surface area contributed by atoms with Gasteiger partial charge in [-0.2, -0.15) is 5.26 Å². The van der Waals surface area contributed by atoms with Gasteiger partial charge in [-0.15, -0.1) is 0 Å². The molecule has 0 aliphatic carbocycles. The molecule has 0 spiro atoms. The van der Waals surface area contributed by atoms with Crippen LogP contribution >= 0.6 is 11.6 Å². The van der Waals surface area contributed by atoms with Gasteiger partial charge in [0, 0.05) is 16.8 Å². The predicted octanol–water partition coefficient (Wildman–Crippen LogP) is 2.56. The van der Waals surface area contributed by atoms with Crippen molar-refractivity contribution >= 4 is 11.6 Å². The topological polar surface area (TPSA) is 45.8 Å². The summed E-state index contributed by atoms with van der Waals surface area (Å²) in [5.74, 6) is -0.436. The van der Waals surface area contributed by atoms with Crippen LogP contribution in [0, 0.1) is 17.1 Å². The number of hydrogen-bond acceptors (Lipinski definition) is 2. The molecule has 90 valence electrons. The van der Waals surface area contributed by atoms with E-state index >= 15 is 0 Å². The normalized spacial score (nSPS) is 10.1.